The number of benzene rings is 2. The molecule has 3 amide bonds. The molecule has 10 nitrogen and oxygen atoms in total. The molecule has 13 heteroatoms. The van der Waals surface area contributed by atoms with Crippen LogP contribution in [-0.4, -0.2) is 39.9 Å². The SMILES string of the molecule is COC(=O)c1ccc(CNC(=O)NNC(=O)c2nn(-c3ccccc3C(F)(F)F)cc2O)cc1. The minimum Gasteiger partial charge on any atom is -0.504 e. The van der Waals surface area contributed by atoms with Gasteiger partial charge in [0.25, 0.3) is 5.91 Å². The average Bonchev–Trinajstić information content (AvgIpc) is 3.22. The summed E-state index contributed by atoms with van der Waals surface area (Å²) in [6, 6.07) is 9.90. The highest BCUT2D eigenvalue weighted by Crippen LogP contribution is 2.34. The highest BCUT2D eigenvalue weighted by atomic mass is 19.4. The Labute approximate surface area is 190 Å². The maximum atomic E-state index is 13.2. The van der Waals surface area contributed by atoms with E-state index in [0.29, 0.717) is 15.8 Å². The van der Waals surface area contributed by atoms with Gasteiger partial charge in [0.1, 0.15) is 0 Å². The first-order chi connectivity index (χ1) is 16.1. The number of esters is 1. The molecule has 0 unspecified atom stereocenters. The van der Waals surface area contributed by atoms with Crippen LogP contribution >= 0.6 is 0 Å². The molecular formula is C21H18F3N5O5. The molecule has 0 atom stereocenters. The largest absolute Gasteiger partial charge is 0.504 e. The number of amides is 3. The first kappa shape index (κ1) is 24.1. The lowest BCUT2D eigenvalue weighted by molar-refractivity contribution is -0.137. The molecule has 178 valence electrons. The van der Waals surface area contributed by atoms with Crippen molar-refractivity contribution in [2.24, 2.45) is 0 Å². The molecule has 0 aliphatic carbocycles. The van der Waals surface area contributed by atoms with E-state index >= 15 is 0 Å². The number of nitrogens with one attached hydrogen (secondary N) is 3. The zero-order valence-corrected chi connectivity index (χ0v) is 17.5. The van der Waals surface area contributed by atoms with Gasteiger partial charge in [0, 0.05) is 6.54 Å². The number of aromatic hydroxyl groups is 1. The topological polar surface area (TPSA) is 135 Å². The Balaban J connectivity index is 1.59. The molecule has 3 aromatic rings. The van der Waals surface area contributed by atoms with Gasteiger partial charge < -0.3 is 15.2 Å². The molecule has 0 aliphatic rings. The third-order valence-corrected chi connectivity index (χ3v) is 4.48. The van der Waals surface area contributed by atoms with Crippen LogP contribution in [0.2, 0.25) is 0 Å². The standard InChI is InChI=1S/C21H18F3N5O5/c1-34-19(32)13-8-6-12(7-9-13)10-25-20(33)27-26-18(31)17-16(30)11-29(28-17)15-5-3-2-4-14(15)21(22,23)24/h2-9,11,30H,10H2,1H3,(H,26,31)(H2,25,27,33). The van der Waals surface area contributed by atoms with E-state index in [0.717, 1.165) is 18.3 Å². The van der Waals surface area contributed by atoms with Crippen molar-refractivity contribution in [1.82, 2.24) is 25.9 Å². The van der Waals surface area contributed by atoms with Gasteiger partial charge in [-0.15, -0.1) is 0 Å². The second-order valence-electron chi connectivity index (χ2n) is 6.77. The number of para-hydroxylation sites is 1. The average molecular weight is 477 g/mol. The van der Waals surface area contributed by atoms with Crippen molar-refractivity contribution < 1.29 is 37.4 Å². The zero-order chi connectivity index (χ0) is 24.9. The van der Waals surface area contributed by atoms with Crippen LogP contribution in [0.4, 0.5) is 18.0 Å². The Bertz CT molecular complexity index is 1210. The molecule has 0 saturated heterocycles. The normalized spacial score (nSPS) is 10.9. The Morgan fingerprint density at radius 3 is 2.38 bits per heavy atom. The monoisotopic (exact) mass is 477 g/mol. The number of aromatic nitrogens is 2. The third-order valence-electron chi connectivity index (χ3n) is 4.48. The van der Waals surface area contributed by atoms with Crippen molar-refractivity contribution in [1.29, 1.82) is 0 Å². The number of hydrogen-bond donors (Lipinski definition) is 4. The summed E-state index contributed by atoms with van der Waals surface area (Å²) in [7, 11) is 1.25. The van der Waals surface area contributed by atoms with Gasteiger partial charge in [-0.05, 0) is 29.8 Å². The van der Waals surface area contributed by atoms with E-state index in [-0.39, 0.29) is 6.54 Å². The van der Waals surface area contributed by atoms with Crippen LogP contribution < -0.4 is 16.2 Å². The van der Waals surface area contributed by atoms with Gasteiger partial charge in [0.2, 0.25) is 0 Å². The minimum absolute atomic E-state index is 0.0528. The molecule has 0 aliphatic heterocycles. The van der Waals surface area contributed by atoms with E-state index in [1.54, 1.807) is 12.1 Å². The summed E-state index contributed by atoms with van der Waals surface area (Å²) >= 11 is 0. The number of urea groups is 1. The smallest absolute Gasteiger partial charge is 0.418 e. The van der Waals surface area contributed by atoms with Gasteiger partial charge in [0.05, 0.1) is 30.1 Å². The quantitative estimate of drug-likeness (QED) is 0.330. The number of halogens is 3. The van der Waals surface area contributed by atoms with Crippen molar-refractivity contribution in [3.05, 3.63) is 77.1 Å². The fourth-order valence-electron chi connectivity index (χ4n) is 2.84. The van der Waals surface area contributed by atoms with Gasteiger partial charge in [0.15, 0.2) is 11.4 Å². The van der Waals surface area contributed by atoms with Gasteiger partial charge >= 0.3 is 18.2 Å². The second kappa shape index (κ2) is 9.94. The van der Waals surface area contributed by atoms with Gasteiger partial charge in [-0.25, -0.2) is 19.7 Å². The minimum atomic E-state index is -4.68. The van der Waals surface area contributed by atoms with Crippen LogP contribution in [0.1, 0.15) is 32.0 Å². The number of hydrogen-bond acceptors (Lipinski definition) is 6. The van der Waals surface area contributed by atoms with Crippen LogP contribution in [0.3, 0.4) is 0 Å². The lowest BCUT2D eigenvalue weighted by atomic mass is 10.1. The number of methoxy groups -OCH3 is 1. The Morgan fingerprint density at radius 2 is 1.74 bits per heavy atom. The lowest BCUT2D eigenvalue weighted by Gasteiger charge is -2.12. The number of carbonyl (C=O) groups excluding carboxylic acids is 3. The van der Waals surface area contributed by atoms with Gasteiger partial charge in [-0.1, -0.05) is 24.3 Å². The molecule has 1 aromatic heterocycles. The highest BCUT2D eigenvalue weighted by molar-refractivity contribution is 5.95. The number of rotatable bonds is 5. The third kappa shape index (κ3) is 5.62. The van der Waals surface area contributed by atoms with E-state index < -0.39 is 46.8 Å². The Kier molecular flexibility index (Phi) is 7.04. The predicted octanol–water partition coefficient (Wildman–Crippen LogP) is 2.53. The predicted molar refractivity (Wildman–Crippen MR) is 111 cm³/mol. The molecule has 0 bridgehead atoms. The summed E-state index contributed by atoms with van der Waals surface area (Å²) in [5.41, 5.74) is 3.01. The molecule has 0 radical (unpaired) electrons. The van der Waals surface area contributed by atoms with E-state index in [1.165, 1.54) is 31.4 Å². The maximum absolute atomic E-state index is 13.2. The summed E-state index contributed by atoms with van der Waals surface area (Å²) in [4.78, 5) is 35.6. The van der Waals surface area contributed by atoms with E-state index in [1.807, 2.05) is 10.9 Å². The highest BCUT2D eigenvalue weighted by Gasteiger charge is 2.34. The summed E-state index contributed by atoms with van der Waals surface area (Å²) in [6.07, 6.45) is -3.84. The number of carbonyl (C=O) groups is 3. The first-order valence-corrected chi connectivity index (χ1v) is 9.57. The summed E-state index contributed by atoms with van der Waals surface area (Å²) < 4.78 is 45.0. The summed E-state index contributed by atoms with van der Waals surface area (Å²) in [6.45, 7) is 0.0528. The lowest BCUT2D eigenvalue weighted by Crippen LogP contribution is -2.46. The zero-order valence-electron chi connectivity index (χ0n) is 17.5. The number of alkyl halides is 3. The van der Waals surface area contributed by atoms with Crippen LogP contribution in [0.5, 0.6) is 5.75 Å². The van der Waals surface area contributed by atoms with Crippen molar-refractivity contribution in [2.75, 3.05) is 7.11 Å². The van der Waals surface area contributed by atoms with E-state index in [2.05, 4.69) is 15.2 Å². The Morgan fingerprint density at radius 1 is 1.06 bits per heavy atom. The van der Waals surface area contributed by atoms with Crippen LogP contribution in [-0.2, 0) is 17.5 Å². The number of hydrazine groups is 1. The maximum Gasteiger partial charge on any atom is 0.418 e. The van der Waals surface area contributed by atoms with Crippen LogP contribution in [0, 0.1) is 0 Å². The molecular weight excluding hydrogens is 459 g/mol. The molecule has 0 spiro atoms. The van der Waals surface area contributed by atoms with Crippen LogP contribution in [0.15, 0.2) is 54.7 Å². The van der Waals surface area contributed by atoms with E-state index in [9.17, 15) is 32.7 Å². The second-order valence-corrected chi connectivity index (χ2v) is 6.77. The molecule has 34 heavy (non-hydrogen) atoms. The van der Waals surface area contributed by atoms with E-state index in [4.69, 9.17) is 0 Å². The van der Waals surface area contributed by atoms with Crippen LogP contribution in [0.25, 0.3) is 5.69 Å². The molecule has 4 N–H and O–H groups in total. The molecule has 0 saturated carbocycles. The summed E-state index contributed by atoms with van der Waals surface area (Å²) in [5.74, 6) is -2.26. The van der Waals surface area contributed by atoms with Crippen molar-refractivity contribution >= 4 is 17.9 Å². The van der Waals surface area contributed by atoms with Gasteiger partial charge in [-0.2, -0.15) is 18.3 Å². The molecule has 3 rings (SSSR count). The van der Waals surface area contributed by atoms with Crippen molar-refractivity contribution in [2.45, 2.75) is 12.7 Å². The Hall–Kier alpha value is -4.55. The summed E-state index contributed by atoms with van der Waals surface area (Å²) in [5, 5.41) is 16.1. The first-order valence-electron chi connectivity index (χ1n) is 9.57. The van der Waals surface area contributed by atoms with Gasteiger partial charge in [-0.3, -0.25) is 10.2 Å². The fraction of sp³-hybridized carbons (Fsp3) is 0.143. The van der Waals surface area contributed by atoms with Crippen molar-refractivity contribution in [3.8, 4) is 11.4 Å². The fourth-order valence-corrected chi connectivity index (χ4v) is 2.84. The molecule has 2 aromatic carbocycles. The number of ether oxygens (including phenoxy) is 1. The molecule has 0 fully saturated rings. The molecule has 1 heterocycles. The number of nitrogens with zero attached hydrogens (tertiary/aromatic N) is 2. The van der Waals surface area contributed by atoms with Crippen molar-refractivity contribution in [3.63, 3.8) is 0 Å².